The smallest absolute Gasteiger partial charge is 0.193 e. The number of nitrogens with zero attached hydrogens (tertiary/aromatic N) is 1. The molecule has 0 aliphatic heterocycles. The summed E-state index contributed by atoms with van der Waals surface area (Å²) >= 11 is 0. The molecular formula is C26H32F3N. The summed E-state index contributed by atoms with van der Waals surface area (Å²) in [5, 5.41) is 8.46. The topological polar surface area (TPSA) is 23.8 Å². The van der Waals surface area contributed by atoms with Crippen LogP contribution in [0.5, 0.6) is 0 Å². The van der Waals surface area contributed by atoms with Gasteiger partial charge in [0.15, 0.2) is 0 Å². The lowest BCUT2D eigenvalue weighted by Gasteiger charge is -2.38. The molecule has 0 heterocycles. The molecule has 1 nitrogen and oxygen atoms in total. The Labute approximate surface area is 178 Å². The molecular weight excluding hydrogens is 383 g/mol. The minimum absolute atomic E-state index is 0.418. The molecule has 0 atom stereocenters. The van der Waals surface area contributed by atoms with Gasteiger partial charge in [0.2, 0.25) is 0 Å². The van der Waals surface area contributed by atoms with Crippen LogP contribution in [-0.2, 0) is 6.18 Å². The van der Waals surface area contributed by atoms with Crippen molar-refractivity contribution in [2.75, 3.05) is 0 Å². The fraction of sp³-hybridized carbons (Fsp3) is 0.577. The van der Waals surface area contributed by atoms with Gasteiger partial charge in [0, 0.05) is 6.08 Å². The van der Waals surface area contributed by atoms with Crippen molar-refractivity contribution in [3.8, 4) is 6.07 Å². The van der Waals surface area contributed by atoms with E-state index in [1.807, 2.05) is 12.1 Å². The predicted molar refractivity (Wildman–Crippen MR) is 115 cm³/mol. The normalized spacial score (nSPS) is 28.1. The SMILES string of the molecule is N#CC=CC=CCC[C@H]1CC[C@H]([C@H]2CC[C@H](c3ccc(C(F)(F)F)cc3)CC2)CC1. The number of hydrogen-bond acceptors (Lipinski definition) is 1. The summed E-state index contributed by atoms with van der Waals surface area (Å²) in [5.41, 5.74) is 0.522. The average molecular weight is 416 g/mol. The molecule has 1 aromatic rings. The first-order valence-corrected chi connectivity index (χ1v) is 11.4. The van der Waals surface area contributed by atoms with Crippen LogP contribution in [0.2, 0.25) is 0 Å². The summed E-state index contributed by atoms with van der Waals surface area (Å²) < 4.78 is 38.3. The Morgan fingerprint density at radius 3 is 2.03 bits per heavy atom. The van der Waals surface area contributed by atoms with Crippen LogP contribution in [0.15, 0.2) is 48.6 Å². The van der Waals surface area contributed by atoms with E-state index in [0.717, 1.165) is 42.6 Å². The molecule has 30 heavy (non-hydrogen) atoms. The number of benzene rings is 1. The van der Waals surface area contributed by atoms with Gasteiger partial charge in [-0.1, -0.05) is 43.2 Å². The molecule has 0 saturated heterocycles. The summed E-state index contributed by atoms with van der Waals surface area (Å²) in [6, 6.07) is 7.83. The zero-order valence-corrected chi connectivity index (χ0v) is 17.6. The molecule has 2 fully saturated rings. The number of alkyl halides is 3. The molecule has 0 unspecified atom stereocenters. The third-order valence-electron chi connectivity index (χ3n) is 7.20. The quantitative estimate of drug-likeness (QED) is 0.339. The van der Waals surface area contributed by atoms with Crippen LogP contribution in [0, 0.1) is 29.1 Å². The Balaban J connectivity index is 1.38. The van der Waals surface area contributed by atoms with E-state index in [4.69, 9.17) is 5.26 Å². The standard InChI is InChI=1S/C26H32F3N/c27-26(28,29)25-17-15-24(16-18-25)23-13-11-22(12-14-23)21-9-7-20(8-10-21)6-4-2-1-3-5-19-30/h1-3,5,15-18,20-23H,4,6-14H2/t20-,21-,22-,23-. The average Bonchev–Trinajstić information content (AvgIpc) is 2.76. The van der Waals surface area contributed by atoms with Crippen molar-refractivity contribution in [1.29, 1.82) is 5.26 Å². The second kappa shape index (κ2) is 10.8. The first kappa shape index (κ1) is 22.7. The largest absolute Gasteiger partial charge is 0.416 e. The molecule has 3 rings (SSSR count). The van der Waals surface area contributed by atoms with E-state index in [1.165, 1.54) is 63.2 Å². The van der Waals surface area contributed by atoms with Gasteiger partial charge in [-0.25, -0.2) is 0 Å². The van der Waals surface area contributed by atoms with Crippen LogP contribution in [0.25, 0.3) is 0 Å². The van der Waals surface area contributed by atoms with Crippen molar-refractivity contribution in [1.82, 2.24) is 0 Å². The van der Waals surface area contributed by atoms with Crippen molar-refractivity contribution in [2.45, 2.75) is 76.3 Å². The third kappa shape index (κ3) is 6.49. The molecule has 0 N–H and O–H groups in total. The van der Waals surface area contributed by atoms with Crippen LogP contribution < -0.4 is 0 Å². The Bertz CT molecular complexity index is 738. The summed E-state index contributed by atoms with van der Waals surface area (Å²) in [7, 11) is 0. The fourth-order valence-corrected chi connectivity index (χ4v) is 5.42. The number of halogens is 3. The summed E-state index contributed by atoms with van der Waals surface area (Å²) in [6.07, 6.45) is 15.4. The molecule has 0 spiro atoms. The van der Waals surface area contributed by atoms with Crippen molar-refractivity contribution in [3.63, 3.8) is 0 Å². The molecule has 0 bridgehead atoms. The van der Waals surface area contributed by atoms with Gasteiger partial charge in [-0.3, -0.25) is 0 Å². The minimum atomic E-state index is -4.25. The van der Waals surface area contributed by atoms with Gasteiger partial charge >= 0.3 is 6.18 Å². The molecule has 2 saturated carbocycles. The number of allylic oxidation sites excluding steroid dienone is 4. The zero-order chi connectivity index (χ0) is 21.4. The third-order valence-corrected chi connectivity index (χ3v) is 7.20. The van der Waals surface area contributed by atoms with Gasteiger partial charge in [-0.15, -0.1) is 0 Å². The van der Waals surface area contributed by atoms with E-state index in [9.17, 15) is 13.2 Å². The van der Waals surface area contributed by atoms with Crippen molar-refractivity contribution in [3.05, 3.63) is 59.7 Å². The van der Waals surface area contributed by atoms with E-state index in [2.05, 4.69) is 6.08 Å². The number of rotatable bonds is 6. The van der Waals surface area contributed by atoms with E-state index >= 15 is 0 Å². The second-order valence-electron chi connectivity index (χ2n) is 9.01. The van der Waals surface area contributed by atoms with Crippen LogP contribution in [0.4, 0.5) is 13.2 Å². The van der Waals surface area contributed by atoms with E-state index in [0.29, 0.717) is 5.92 Å². The second-order valence-corrected chi connectivity index (χ2v) is 9.01. The highest BCUT2D eigenvalue weighted by Crippen LogP contribution is 2.44. The van der Waals surface area contributed by atoms with E-state index < -0.39 is 11.7 Å². The van der Waals surface area contributed by atoms with Gasteiger partial charge < -0.3 is 0 Å². The highest BCUT2D eigenvalue weighted by Gasteiger charge is 2.32. The first-order valence-electron chi connectivity index (χ1n) is 11.4. The molecule has 0 radical (unpaired) electrons. The van der Waals surface area contributed by atoms with Crippen LogP contribution >= 0.6 is 0 Å². The van der Waals surface area contributed by atoms with E-state index in [1.54, 1.807) is 18.2 Å². The van der Waals surface area contributed by atoms with Gasteiger partial charge in [0.25, 0.3) is 0 Å². The monoisotopic (exact) mass is 415 g/mol. The maximum absolute atomic E-state index is 12.8. The molecule has 1 aromatic carbocycles. The Morgan fingerprint density at radius 1 is 0.867 bits per heavy atom. The van der Waals surface area contributed by atoms with Gasteiger partial charge in [-0.05, 0) is 92.7 Å². The van der Waals surface area contributed by atoms with Gasteiger partial charge in [0.1, 0.15) is 0 Å². The van der Waals surface area contributed by atoms with Crippen LogP contribution in [0.3, 0.4) is 0 Å². The summed E-state index contributed by atoms with van der Waals surface area (Å²) in [4.78, 5) is 0. The maximum Gasteiger partial charge on any atom is 0.416 e. The fourth-order valence-electron chi connectivity index (χ4n) is 5.42. The minimum Gasteiger partial charge on any atom is -0.193 e. The highest BCUT2D eigenvalue weighted by atomic mass is 19.4. The molecule has 2 aliphatic rings. The van der Waals surface area contributed by atoms with Crippen molar-refractivity contribution in [2.24, 2.45) is 17.8 Å². The lowest BCUT2D eigenvalue weighted by Crippen LogP contribution is -2.25. The number of nitriles is 1. The first-order chi connectivity index (χ1) is 14.5. The van der Waals surface area contributed by atoms with Gasteiger partial charge in [-0.2, -0.15) is 18.4 Å². The summed E-state index contributed by atoms with van der Waals surface area (Å²) in [5.74, 6) is 2.88. The Hall–Kier alpha value is -2.02. The number of hydrogen-bond donors (Lipinski definition) is 0. The lowest BCUT2D eigenvalue weighted by molar-refractivity contribution is -0.137. The Morgan fingerprint density at radius 2 is 1.47 bits per heavy atom. The van der Waals surface area contributed by atoms with Crippen molar-refractivity contribution >= 4 is 0 Å². The van der Waals surface area contributed by atoms with E-state index in [-0.39, 0.29) is 0 Å². The molecule has 0 aromatic heterocycles. The van der Waals surface area contributed by atoms with Crippen LogP contribution in [0.1, 0.15) is 81.3 Å². The van der Waals surface area contributed by atoms with Gasteiger partial charge in [0.05, 0.1) is 11.6 Å². The predicted octanol–water partition coefficient (Wildman–Crippen LogP) is 8.20. The van der Waals surface area contributed by atoms with Crippen molar-refractivity contribution < 1.29 is 13.2 Å². The lowest BCUT2D eigenvalue weighted by atomic mass is 9.68. The zero-order valence-electron chi connectivity index (χ0n) is 17.6. The highest BCUT2D eigenvalue weighted by molar-refractivity contribution is 5.27. The Kier molecular flexibility index (Phi) is 8.19. The molecule has 2 aliphatic carbocycles. The summed E-state index contributed by atoms with van der Waals surface area (Å²) in [6.45, 7) is 0. The van der Waals surface area contributed by atoms with Crippen LogP contribution in [-0.4, -0.2) is 0 Å². The molecule has 4 heteroatoms. The maximum atomic E-state index is 12.8. The molecule has 162 valence electrons. The molecule has 0 amide bonds.